The summed E-state index contributed by atoms with van der Waals surface area (Å²) in [7, 11) is 0. The Morgan fingerprint density at radius 2 is 1.23 bits per heavy atom. The first-order valence-electron chi connectivity index (χ1n) is 9.44. The van der Waals surface area contributed by atoms with Gasteiger partial charge in [-0.3, -0.25) is 0 Å². The SMILES string of the molecule is Fc1cc(-c2ccc(C3OCCCO3)cc2)ccc1-c1cc(F)c(C(F)(F)F)c(F)c1. The molecule has 0 saturated carbocycles. The van der Waals surface area contributed by atoms with Crippen molar-refractivity contribution in [3.05, 3.63) is 83.2 Å². The van der Waals surface area contributed by atoms with E-state index in [1.54, 1.807) is 24.3 Å². The fourth-order valence-electron chi connectivity index (χ4n) is 3.44. The Morgan fingerprint density at radius 1 is 0.677 bits per heavy atom. The van der Waals surface area contributed by atoms with Gasteiger partial charge in [-0.15, -0.1) is 0 Å². The zero-order valence-electron chi connectivity index (χ0n) is 16.0. The highest BCUT2D eigenvalue weighted by Gasteiger charge is 2.38. The maximum absolute atomic E-state index is 14.7. The number of halogens is 6. The molecule has 162 valence electrons. The Labute approximate surface area is 174 Å². The lowest BCUT2D eigenvalue weighted by atomic mass is 9.97. The molecule has 0 aliphatic carbocycles. The Morgan fingerprint density at radius 3 is 1.77 bits per heavy atom. The van der Waals surface area contributed by atoms with Crippen molar-refractivity contribution in [2.24, 2.45) is 0 Å². The molecule has 1 heterocycles. The van der Waals surface area contributed by atoms with E-state index in [2.05, 4.69) is 0 Å². The van der Waals surface area contributed by atoms with Gasteiger partial charge in [-0.05, 0) is 41.3 Å². The Balaban J connectivity index is 1.61. The van der Waals surface area contributed by atoms with E-state index in [0.717, 1.165) is 18.1 Å². The molecule has 0 N–H and O–H groups in total. The number of ether oxygens (including phenoxy) is 2. The number of hydrogen-bond donors (Lipinski definition) is 0. The summed E-state index contributed by atoms with van der Waals surface area (Å²) >= 11 is 0. The van der Waals surface area contributed by atoms with E-state index < -0.39 is 35.5 Å². The third-order valence-electron chi connectivity index (χ3n) is 4.95. The summed E-state index contributed by atoms with van der Waals surface area (Å²) in [6.45, 7) is 1.20. The second kappa shape index (κ2) is 8.36. The molecular weight excluding hydrogens is 422 g/mol. The van der Waals surface area contributed by atoms with Crippen molar-refractivity contribution in [3.63, 3.8) is 0 Å². The number of alkyl halides is 3. The second-order valence-electron chi connectivity index (χ2n) is 7.06. The van der Waals surface area contributed by atoms with Crippen molar-refractivity contribution >= 4 is 0 Å². The molecule has 3 aromatic carbocycles. The Hall–Kier alpha value is -2.84. The van der Waals surface area contributed by atoms with Crippen LogP contribution in [0.2, 0.25) is 0 Å². The zero-order chi connectivity index (χ0) is 22.2. The predicted octanol–water partition coefficient (Wildman–Crippen LogP) is 6.89. The molecule has 0 unspecified atom stereocenters. The predicted molar refractivity (Wildman–Crippen MR) is 101 cm³/mol. The second-order valence-corrected chi connectivity index (χ2v) is 7.06. The van der Waals surface area contributed by atoms with Gasteiger partial charge in [0.15, 0.2) is 6.29 Å². The van der Waals surface area contributed by atoms with E-state index in [4.69, 9.17) is 9.47 Å². The average Bonchev–Trinajstić information content (AvgIpc) is 2.73. The van der Waals surface area contributed by atoms with Crippen molar-refractivity contribution in [2.45, 2.75) is 18.9 Å². The number of hydrogen-bond acceptors (Lipinski definition) is 2. The molecule has 1 saturated heterocycles. The van der Waals surface area contributed by atoms with Crippen LogP contribution in [0, 0.1) is 17.5 Å². The highest BCUT2D eigenvalue weighted by Crippen LogP contribution is 2.37. The van der Waals surface area contributed by atoms with Gasteiger partial charge in [0.1, 0.15) is 23.0 Å². The van der Waals surface area contributed by atoms with E-state index in [-0.39, 0.29) is 11.1 Å². The quantitative estimate of drug-likeness (QED) is 0.415. The van der Waals surface area contributed by atoms with Gasteiger partial charge >= 0.3 is 6.18 Å². The monoisotopic (exact) mass is 438 g/mol. The van der Waals surface area contributed by atoms with Crippen LogP contribution in [-0.2, 0) is 15.7 Å². The first-order valence-corrected chi connectivity index (χ1v) is 9.44. The maximum Gasteiger partial charge on any atom is 0.422 e. The van der Waals surface area contributed by atoms with E-state index in [0.29, 0.717) is 36.5 Å². The normalized spacial score (nSPS) is 15.3. The largest absolute Gasteiger partial charge is 0.422 e. The molecule has 1 aliphatic heterocycles. The lowest BCUT2D eigenvalue weighted by Gasteiger charge is -2.23. The third-order valence-corrected chi connectivity index (χ3v) is 4.95. The fraction of sp³-hybridized carbons (Fsp3) is 0.217. The van der Waals surface area contributed by atoms with Gasteiger partial charge < -0.3 is 9.47 Å². The van der Waals surface area contributed by atoms with Gasteiger partial charge in [0.05, 0.1) is 13.2 Å². The minimum Gasteiger partial charge on any atom is -0.348 e. The van der Waals surface area contributed by atoms with Crippen LogP contribution in [0.25, 0.3) is 22.3 Å². The van der Waals surface area contributed by atoms with Crippen molar-refractivity contribution in [2.75, 3.05) is 13.2 Å². The molecule has 0 aromatic heterocycles. The number of rotatable bonds is 3. The highest BCUT2D eigenvalue weighted by atomic mass is 19.4. The molecule has 8 heteroatoms. The summed E-state index contributed by atoms with van der Waals surface area (Å²) < 4.78 is 91.7. The van der Waals surface area contributed by atoms with Crippen LogP contribution in [0.5, 0.6) is 0 Å². The van der Waals surface area contributed by atoms with E-state index in [1.807, 2.05) is 0 Å². The molecule has 4 rings (SSSR count). The summed E-state index contributed by atoms with van der Waals surface area (Å²) in [5.41, 5.74) is -0.554. The van der Waals surface area contributed by atoms with Crippen molar-refractivity contribution < 1.29 is 35.8 Å². The third kappa shape index (κ3) is 4.45. The van der Waals surface area contributed by atoms with Crippen LogP contribution in [0.1, 0.15) is 23.8 Å². The minimum atomic E-state index is -5.19. The maximum atomic E-state index is 14.7. The molecule has 1 aliphatic rings. The summed E-state index contributed by atoms with van der Waals surface area (Å²) in [5, 5.41) is 0. The molecule has 3 aromatic rings. The van der Waals surface area contributed by atoms with Crippen LogP contribution in [0.3, 0.4) is 0 Å². The smallest absolute Gasteiger partial charge is 0.348 e. The summed E-state index contributed by atoms with van der Waals surface area (Å²) in [6, 6.07) is 12.0. The first-order chi connectivity index (χ1) is 14.7. The minimum absolute atomic E-state index is 0.212. The van der Waals surface area contributed by atoms with Gasteiger partial charge in [0.25, 0.3) is 0 Å². The van der Waals surface area contributed by atoms with Crippen molar-refractivity contribution in [1.29, 1.82) is 0 Å². The summed E-state index contributed by atoms with van der Waals surface area (Å²) in [6.07, 6.45) is -4.81. The molecule has 0 atom stereocenters. The standard InChI is InChI=1S/C23H16F6O2/c24-18-10-15(13-2-4-14(5-3-13)22-30-8-1-9-31-22)6-7-17(18)16-11-19(25)21(20(26)12-16)23(27,28)29/h2-7,10-12,22H,1,8-9H2. The number of benzene rings is 3. The molecular formula is C23H16F6O2. The van der Waals surface area contributed by atoms with Crippen molar-refractivity contribution in [1.82, 2.24) is 0 Å². The zero-order valence-corrected chi connectivity index (χ0v) is 16.0. The van der Waals surface area contributed by atoms with Crippen LogP contribution >= 0.6 is 0 Å². The Bertz CT molecular complexity index is 1060. The average molecular weight is 438 g/mol. The van der Waals surface area contributed by atoms with Crippen LogP contribution in [-0.4, -0.2) is 13.2 Å². The van der Waals surface area contributed by atoms with Gasteiger partial charge in [0, 0.05) is 11.1 Å². The van der Waals surface area contributed by atoms with Gasteiger partial charge in [-0.2, -0.15) is 13.2 Å². The summed E-state index contributed by atoms with van der Waals surface area (Å²) in [5.74, 6) is -4.42. The highest BCUT2D eigenvalue weighted by molar-refractivity contribution is 5.71. The molecule has 0 bridgehead atoms. The van der Waals surface area contributed by atoms with Crippen LogP contribution < -0.4 is 0 Å². The molecule has 0 radical (unpaired) electrons. The van der Waals surface area contributed by atoms with E-state index in [9.17, 15) is 26.3 Å². The molecule has 0 spiro atoms. The van der Waals surface area contributed by atoms with Crippen LogP contribution in [0.15, 0.2) is 54.6 Å². The summed E-state index contributed by atoms with van der Waals surface area (Å²) in [4.78, 5) is 0. The Kier molecular flexibility index (Phi) is 5.77. The lowest BCUT2D eigenvalue weighted by molar-refractivity contribution is -0.183. The van der Waals surface area contributed by atoms with E-state index in [1.165, 1.54) is 12.1 Å². The van der Waals surface area contributed by atoms with Gasteiger partial charge in [0.2, 0.25) is 0 Å². The molecule has 31 heavy (non-hydrogen) atoms. The molecule has 1 fully saturated rings. The van der Waals surface area contributed by atoms with Gasteiger partial charge in [-0.1, -0.05) is 36.4 Å². The van der Waals surface area contributed by atoms with Gasteiger partial charge in [-0.25, -0.2) is 13.2 Å². The fourth-order valence-corrected chi connectivity index (χ4v) is 3.44. The first kappa shape index (κ1) is 21.4. The molecule has 2 nitrogen and oxygen atoms in total. The van der Waals surface area contributed by atoms with Crippen LogP contribution in [0.4, 0.5) is 26.3 Å². The topological polar surface area (TPSA) is 18.5 Å². The molecule has 0 amide bonds. The van der Waals surface area contributed by atoms with E-state index >= 15 is 0 Å². The van der Waals surface area contributed by atoms with Crippen molar-refractivity contribution in [3.8, 4) is 22.3 Å². The lowest BCUT2D eigenvalue weighted by Crippen LogP contribution is -2.17.